The Morgan fingerprint density at radius 1 is 1.12 bits per heavy atom. The lowest BCUT2D eigenvalue weighted by atomic mass is 10.0. The maximum atomic E-state index is 12.9. The quantitative estimate of drug-likeness (QED) is 0.582. The van der Waals surface area contributed by atoms with E-state index < -0.39 is 0 Å². The molecule has 8 heteroatoms. The summed E-state index contributed by atoms with van der Waals surface area (Å²) in [7, 11) is 0. The molecule has 0 radical (unpaired) electrons. The number of aryl methyl sites for hydroxylation is 1. The van der Waals surface area contributed by atoms with Crippen molar-refractivity contribution in [3.05, 3.63) is 94.2 Å². The average Bonchev–Trinajstić information content (AvgIpc) is 2.82. The molecule has 3 aromatic rings. The Bertz CT molecular complexity index is 1120. The monoisotopic (exact) mass is 447 g/mol. The number of urea groups is 1. The molecule has 2 heterocycles. The molecule has 1 atom stereocenters. The van der Waals surface area contributed by atoms with E-state index in [-0.39, 0.29) is 17.8 Å². The second kappa shape index (κ2) is 10.9. The number of nitrogens with one attached hydrogen (secondary N) is 2. The zero-order valence-electron chi connectivity index (χ0n) is 18.7. The smallest absolute Gasteiger partial charge is 0.347 e. The maximum absolute atomic E-state index is 12.9. The molecule has 2 N–H and O–H groups in total. The van der Waals surface area contributed by atoms with Crippen LogP contribution in [-0.4, -0.2) is 53.3 Å². The van der Waals surface area contributed by atoms with Gasteiger partial charge in [0.1, 0.15) is 0 Å². The Morgan fingerprint density at radius 3 is 2.67 bits per heavy atom. The minimum absolute atomic E-state index is 0.152. The minimum atomic E-state index is -0.308. The number of hydrogen-bond donors (Lipinski definition) is 2. The van der Waals surface area contributed by atoms with Gasteiger partial charge in [-0.15, -0.1) is 0 Å². The highest BCUT2D eigenvalue weighted by molar-refractivity contribution is 5.89. The van der Waals surface area contributed by atoms with Gasteiger partial charge in [-0.25, -0.2) is 14.6 Å². The van der Waals surface area contributed by atoms with Crippen LogP contribution in [0.1, 0.15) is 22.7 Å². The Hall–Kier alpha value is -3.49. The number of carbonyl (C=O) groups is 1. The van der Waals surface area contributed by atoms with Crippen molar-refractivity contribution in [2.24, 2.45) is 0 Å². The van der Waals surface area contributed by atoms with Crippen LogP contribution in [0.4, 0.5) is 10.5 Å². The first-order chi connectivity index (χ1) is 16.1. The van der Waals surface area contributed by atoms with E-state index in [1.165, 1.54) is 16.3 Å². The van der Waals surface area contributed by atoms with Crippen molar-refractivity contribution in [2.75, 3.05) is 38.2 Å². The lowest BCUT2D eigenvalue weighted by Gasteiger charge is -2.31. The molecule has 0 aliphatic carbocycles. The van der Waals surface area contributed by atoms with E-state index >= 15 is 0 Å². The predicted octanol–water partition coefficient (Wildman–Crippen LogP) is 2.80. The van der Waals surface area contributed by atoms with Crippen molar-refractivity contribution in [3.8, 4) is 0 Å². The first-order valence-corrected chi connectivity index (χ1v) is 11.1. The van der Waals surface area contributed by atoms with Gasteiger partial charge in [-0.05, 0) is 36.2 Å². The van der Waals surface area contributed by atoms with E-state index in [0.29, 0.717) is 32.0 Å². The molecule has 0 spiro atoms. The van der Waals surface area contributed by atoms with E-state index in [1.807, 2.05) is 31.2 Å². The van der Waals surface area contributed by atoms with Crippen molar-refractivity contribution >= 4 is 11.7 Å². The number of benzene rings is 2. The van der Waals surface area contributed by atoms with Gasteiger partial charge in [0.2, 0.25) is 0 Å². The molecule has 2 amide bonds. The van der Waals surface area contributed by atoms with Gasteiger partial charge < -0.3 is 15.4 Å². The molecule has 4 rings (SSSR count). The zero-order valence-corrected chi connectivity index (χ0v) is 18.7. The summed E-state index contributed by atoms with van der Waals surface area (Å²) in [4.78, 5) is 30.9. The Labute approximate surface area is 193 Å². The molecule has 1 aliphatic heterocycles. The van der Waals surface area contributed by atoms with Crippen molar-refractivity contribution < 1.29 is 9.53 Å². The standard InChI is InChI=1S/C25H29N5O3/c1-19-6-8-21(9-7-19)23(18-29-12-14-33-15-13-29)28-24(31)27-22-5-2-4-20(16-22)17-30-11-3-10-26-25(30)32/h2-11,16,23H,12-15,17-18H2,1H3,(H2,27,28,31). The molecule has 172 valence electrons. The third kappa shape index (κ3) is 6.50. The second-order valence-corrected chi connectivity index (χ2v) is 8.21. The number of ether oxygens (including phenoxy) is 1. The van der Waals surface area contributed by atoms with Crippen LogP contribution in [0.25, 0.3) is 0 Å². The highest BCUT2D eigenvalue weighted by Gasteiger charge is 2.20. The molecule has 2 aromatic carbocycles. The van der Waals surface area contributed by atoms with E-state index in [0.717, 1.165) is 24.2 Å². The number of amides is 2. The van der Waals surface area contributed by atoms with Crippen molar-refractivity contribution in [1.29, 1.82) is 0 Å². The van der Waals surface area contributed by atoms with E-state index in [9.17, 15) is 9.59 Å². The van der Waals surface area contributed by atoms with Crippen molar-refractivity contribution in [2.45, 2.75) is 19.5 Å². The molecule has 1 aromatic heterocycles. The highest BCUT2D eigenvalue weighted by Crippen LogP contribution is 2.18. The largest absolute Gasteiger partial charge is 0.379 e. The first-order valence-electron chi connectivity index (χ1n) is 11.1. The topological polar surface area (TPSA) is 88.5 Å². The second-order valence-electron chi connectivity index (χ2n) is 8.21. The third-order valence-electron chi connectivity index (χ3n) is 5.65. The van der Waals surface area contributed by atoms with Gasteiger partial charge in [-0.2, -0.15) is 0 Å². The maximum Gasteiger partial charge on any atom is 0.347 e. The van der Waals surface area contributed by atoms with Crippen LogP contribution < -0.4 is 16.3 Å². The van der Waals surface area contributed by atoms with E-state index in [1.54, 1.807) is 12.3 Å². The van der Waals surface area contributed by atoms with Gasteiger partial charge in [0, 0.05) is 37.7 Å². The molecule has 1 unspecified atom stereocenters. The van der Waals surface area contributed by atoms with E-state index in [4.69, 9.17) is 4.74 Å². The van der Waals surface area contributed by atoms with Gasteiger partial charge in [-0.3, -0.25) is 9.47 Å². The molecule has 1 aliphatic rings. The summed E-state index contributed by atoms with van der Waals surface area (Å²) in [5.41, 5.74) is 3.49. The van der Waals surface area contributed by atoms with Crippen LogP contribution in [0, 0.1) is 6.92 Å². The summed E-state index contributed by atoms with van der Waals surface area (Å²) in [6, 6.07) is 17.0. The Balaban J connectivity index is 1.43. The number of morpholine rings is 1. The van der Waals surface area contributed by atoms with Gasteiger partial charge in [0.15, 0.2) is 0 Å². The molecule has 0 bridgehead atoms. The SMILES string of the molecule is Cc1ccc(C(CN2CCOCC2)NC(=O)Nc2cccc(Cn3cccnc3=O)c2)cc1. The summed E-state index contributed by atoms with van der Waals surface area (Å²) >= 11 is 0. The number of hydrogen-bond acceptors (Lipinski definition) is 5. The van der Waals surface area contributed by atoms with Gasteiger partial charge in [0.25, 0.3) is 0 Å². The summed E-state index contributed by atoms with van der Waals surface area (Å²) < 4.78 is 6.98. The van der Waals surface area contributed by atoms with Crippen LogP contribution in [0.2, 0.25) is 0 Å². The van der Waals surface area contributed by atoms with Crippen LogP contribution in [0.5, 0.6) is 0 Å². The fourth-order valence-electron chi connectivity index (χ4n) is 3.85. The number of rotatable bonds is 7. The number of nitrogens with zero attached hydrogens (tertiary/aromatic N) is 3. The molecule has 33 heavy (non-hydrogen) atoms. The van der Waals surface area contributed by atoms with Crippen molar-refractivity contribution in [3.63, 3.8) is 0 Å². The van der Waals surface area contributed by atoms with Crippen LogP contribution >= 0.6 is 0 Å². The van der Waals surface area contributed by atoms with Crippen LogP contribution in [0.3, 0.4) is 0 Å². The van der Waals surface area contributed by atoms with Crippen LogP contribution in [-0.2, 0) is 11.3 Å². The summed E-state index contributed by atoms with van der Waals surface area (Å²) in [6.45, 7) is 6.26. The molecular weight excluding hydrogens is 418 g/mol. The lowest BCUT2D eigenvalue weighted by Crippen LogP contribution is -2.44. The minimum Gasteiger partial charge on any atom is -0.379 e. The third-order valence-corrected chi connectivity index (χ3v) is 5.65. The molecular formula is C25H29N5O3. The summed E-state index contributed by atoms with van der Waals surface area (Å²) in [6.07, 6.45) is 3.17. The summed E-state index contributed by atoms with van der Waals surface area (Å²) in [5.74, 6) is 0. The molecule has 0 saturated carbocycles. The lowest BCUT2D eigenvalue weighted by molar-refractivity contribution is 0.0340. The van der Waals surface area contributed by atoms with Crippen molar-refractivity contribution in [1.82, 2.24) is 19.8 Å². The van der Waals surface area contributed by atoms with Gasteiger partial charge in [-0.1, -0.05) is 42.0 Å². The predicted molar refractivity (Wildman–Crippen MR) is 127 cm³/mol. The van der Waals surface area contributed by atoms with Gasteiger partial charge in [0.05, 0.1) is 25.8 Å². The molecule has 1 saturated heterocycles. The van der Waals surface area contributed by atoms with E-state index in [2.05, 4.69) is 44.8 Å². The molecule has 8 nitrogen and oxygen atoms in total. The summed E-state index contributed by atoms with van der Waals surface area (Å²) in [5, 5.41) is 6.06. The Morgan fingerprint density at radius 2 is 1.91 bits per heavy atom. The average molecular weight is 448 g/mol. The fraction of sp³-hybridized carbons (Fsp3) is 0.320. The highest BCUT2D eigenvalue weighted by atomic mass is 16.5. The number of aromatic nitrogens is 2. The molecule has 1 fully saturated rings. The number of carbonyl (C=O) groups excluding carboxylic acids is 1. The normalized spacial score (nSPS) is 15.1. The van der Waals surface area contributed by atoms with Gasteiger partial charge >= 0.3 is 11.7 Å². The first kappa shape index (κ1) is 22.7. The zero-order chi connectivity index (χ0) is 23.0. The van der Waals surface area contributed by atoms with Crippen LogP contribution in [0.15, 0.2) is 71.8 Å². The Kier molecular flexibility index (Phi) is 7.49. The fourth-order valence-corrected chi connectivity index (χ4v) is 3.85. The number of anilines is 1.